The van der Waals surface area contributed by atoms with Gasteiger partial charge in [-0.05, 0) is 37.8 Å². The number of carbonyl (C=O) groups is 3. The van der Waals surface area contributed by atoms with Crippen molar-refractivity contribution in [2.24, 2.45) is 5.41 Å². The van der Waals surface area contributed by atoms with Crippen molar-refractivity contribution < 1.29 is 19.1 Å². The van der Waals surface area contributed by atoms with Gasteiger partial charge in [0.1, 0.15) is 11.8 Å². The maximum Gasteiger partial charge on any atom is 0.256 e. The normalized spacial score (nSPS) is 21.2. The van der Waals surface area contributed by atoms with Crippen LogP contribution in [0, 0.1) is 12.3 Å². The van der Waals surface area contributed by atoms with Crippen molar-refractivity contribution in [2.75, 3.05) is 19.7 Å². The summed E-state index contributed by atoms with van der Waals surface area (Å²) in [6.07, 6.45) is 2.27. The molecule has 1 spiro atoms. The van der Waals surface area contributed by atoms with E-state index in [4.69, 9.17) is 4.74 Å². The van der Waals surface area contributed by atoms with Crippen molar-refractivity contribution in [3.63, 3.8) is 0 Å². The SMILES string of the molecule is CC[C@@H](C)NC(=O)[C@@H]1COC2(CCN(C(=O)CC(C)(C)C)CC2)N1C(=O)c1cccc(C)c1. The number of ether oxygens (including phenoxy) is 1. The Morgan fingerprint density at radius 2 is 1.88 bits per heavy atom. The smallest absolute Gasteiger partial charge is 0.256 e. The summed E-state index contributed by atoms with van der Waals surface area (Å²) in [6.45, 7) is 13.2. The second kappa shape index (κ2) is 9.84. The molecule has 7 nitrogen and oxygen atoms in total. The molecular formula is C26H39N3O4. The third-order valence-corrected chi connectivity index (χ3v) is 6.63. The molecule has 1 aromatic rings. The summed E-state index contributed by atoms with van der Waals surface area (Å²) >= 11 is 0. The van der Waals surface area contributed by atoms with E-state index in [1.54, 1.807) is 11.0 Å². The molecule has 0 aliphatic carbocycles. The Morgan fingerprint density at radius 3 is 2.45 bits per heavy atom. The average molecular weight is 458 g/mol. The Balaban J connectivity index is 1.85. The monoisotopic (exact) mass is 457 g/mol. The predicted octanol–water partition coefficient (Wildman–Crippen LogP) is 3.51. The third-order valence-electron chi connectivity index (χ3n) is 6.63. The van der Waals surface area contributed by atoms with Crippen molar-refractivity contribution in [3.8, 4) is 0 Å². The largest absolute Gasteiger partial charge is 0.353 e. The Morgan fingerprint density at radius 1 is 1.21 bits per heavy atom. The lowest BCUT2D eigenvalue weighted by molar-refractivity contribution is -0.145. The number of benzene rings is 1. The molecule has 2 aliphatic rings. The molecule has 1 aromatic carbocycles. The summed E-state index contributed by atoms with van der Waals surface area (Å²) in [5.74, 6) is -0.263. The molecule has 7 heteroatoms. The van der Waals surface area contributed by atoms with Gasteiger partial charge in [0.05, 0.1) is 6.61 Å². The number of nitrogens with one attached hydrogen (secondary N) is 1. The lowest BCUT2D eigenvalue weighted by Gasteiger charge is -2.45. The van der Waals surface area contributed by atoms with Crippen LogP contribution in [-0.2, 0) is 14.3 Å². The molecule has 2 aliphatic heterocycles. The summed E-state index contributed by atoms with van der Waals surface area (Å²) in [5.41, 5.74) is 0.574. The van der Waals surface area contributed by atoms with Crippen LogP contribution in [0.3, 0.4) is 0 Å². The fourth-order valence-electron chi connectivity index (χ4n) is 4.60. The zero-order chi connectivity index (χ0) is 24.4. The van der Waals surface area contributed by atoms with Gasteiger partial charge in [-0.3, -0.25) is 19.3 Å². The van der Waals surface area contributed by atoms with Gasteiger partial charge in [-0.2, -0.15) is 0 Å². The van der Waals surface area contributed by atoms with Gasteiger partial charge in [-0.15, -0.1) is 0 Å². The topological polar surface area (TPSA) is 79.0 Å². The summed E-state index contributed by atoms with van der Waals surface area (Å²) in [7, 11) is 0. The quantitative estimate of drug-likeness (QED) is 0.734. The fraction of sp³-hybridized carbons (Fsp3) is 0.654. The van der Waals surface area contributed by atoms with Crippen LogP contribution in [0.2, 0.25) is 0 Å². The Labute approximate surface area is 197 Å². The molecule has 2 atom stereocenters. The Bertz CT molecular complexity index is 884. The number of piperidine rings is 1. The summed E-state index contributed by atoms with van der Waals surface area (Å²) < 4.78 is 6.25. The van der Waals surface area contributed by atoms with Crippen molar-refractivity contribution in [3.05, 3.63) is 35.4 Å². The van der Waals surface area contributed by atoms with E-state index in [0.29, 0.717) is 37.9 Å². The van der Waals surface area contributed by atoms with Gasteiger partial charge in [0, 0.05) is 44.0 Å². The van der Waals surface area contributed by atoms with Gasteiger partial charge < -0.3 is 15.0 Å². The zero-order valence-electron chi connectivity index (χ0n) is 20.9. The van der Waals surface area contributed by atoms with Gasteiger partial charge in [0.2, 0.25) is 11.8 Å². The molecule has 182 valence electrons. The molecule has 2 saturated heterocycles. The first-order valence-electron chi connectivity index (χ1n) is 12.1. The van der Waals surface area contributed by atoms with Crippen LogP contribution in [0.4, 0.5) is 0 Å². The molecule has 0 radical (unpaired) electrons. The highest BCUT2D eigenvalue weighted by Gasteiger charge is 2.54. The molecular weight excluding hydrogens is 418 g/mol. The molecule has 33 heavy (non-hydrogen) atoms. The number of amides is 3. The van der Waals surface area contributed by atoms with E-state index in [1.165, 1.54) is 0 Å². The second-order valence-corrected chi connectivity index (χ2v) is 10.8. The maximum absolute atomic E-state index is 13.7. The number of rotatable bonds is 5. The zero-order valence-corrected chi connectivity index (χ0v) is 20.9. The first-order valence-corrected chi connectivity index (χ1v) is 12.1. The fourth-order valence-corrected chi connectivity index (χ4v) is 4.60. The second-order valence-electron chi connectivity index (χ2n) is 10.8. The lowest BCUT2D eigenvalue weighted by atomic mass is 9.90. The molecule has 1 N–H and O–H groups in total. The molecule has 3 rings (SSSR count). The average Bonchev–Trinajstić information content (AvgIpc) is 3.11. The van der Waals surface area contributed by atoms with E-state index in [-0.39, 0.29) is 35.8 Å². The van der Waals surface area contributed by atoms with E-state index >= 15 is 0 Å². The van der Waals surface area contributed by atoms with Crippen molar-refractivity contribution in [2.45, 2.75) is 85.0 Å². The minimum atomic E-state index is -0.878. The van der Waals surface area contributed by atoms with E-state index in [1.807, 2.05) is 43.9 Å². The van der Waals surface area contributed by atoms with E-state index < -0.39 is 11.8 Å². The standard InChI is InChI=1S/C26H39N3O4/c1-7-19(3)27-23(31)21-17-33-26(29(21)24(32)20-10-8-9-18(2)15-20)11-13-28(14-12-26)22(30)16-25(4,5)6/h8-10,15,19,21H,7,11-14,16-17H2,1-6H3,(H,27,31)/t19-,21+/m1/s1. The number of likely N-dealkylation sites (tertiary alicyclic amines) is 1. The van der Waals surface area contributed by atoms with Crippen LogP contribution in [0.25, 0.3) is 0 Å². The number of hydrogen-bond donors (Lipinski definition) is 1. The van der Waals surface area contributed by atoms with E-state index in [0.717, 1.165) is 12.0 Å². The molecule has 0 saturated carbocycles. The van der Waals surface area contributed by atoms with Crippen LogP contribution in [0.5, 0.6) is 0 Å². The van der Waals surface area contributed by atoms with Crippen LogP contribution in [0.1, 0.15) is 76.2 Å². The Hall–Kier alpha value is -2.41. The molecule has 2 heterocycles. The van der Waals surface area contributed by atoms with Gasteiger partial charge in [-0.25, -0.2) is 0 Å². The van der Waals surface area contributed by atoms with Crippen LogP contribution in [0.15, 0.2) is 24.3 Å². The van der Waals surface area contributed by atoms with E-state index in [2.05, 4.69) is 26.1 Å². The highest BCUT2D eigenvalue weighted by molar-refractivity contribution is 5.98. The molecule has 3 amide bonds. The van der Waals surface area contributed by atoms with Crippen molar-refractivity contribution >= 4 is 17.7 Å². The number of hydrogen-bond acceptors (Lipinski definition) is 4. The molecule has 0 bridgehead atoms. The maximum atomic E-state index is 13.7. The van der Waals surface area contributed by atoms with Crippen LogP contribution < -0.4 is 5.32 Å². The number of carbonyl (C=O) groups excluding carboxylic acids is 3. The number of aryl methyl sites for hydroxylation is 1. The van der Waals surface area contributed by atoms with Gasteiger partial charge >= 0.3 is 0 Å². The van der Waals surface area contributed by atoms with Gasteiger partial charge in [-0.1, -0.05) is 45.4 Å². The lowest BCUT2D eigenvalue weighted by Crippen LogP contribution is -2.60. The highest BCUT2D eigenvalue weighted by atomic mass is 16.5. The van der Waals surface area contributed by atoms with Gasteiger partial charge in [0.15, 0.2) is 0 Å². The van der Waals surface area contributed by atoms with Crippen LogP contribution in [-0.4, -0.2) is 65.0 Å². The first kappa shape index (κ1) is 25.2. The van der Waals surface area contributed by atoms with E-state index in [9.17, 15) is 14.4 Å². The van der Waals surface area contributed by atoms with Gasteiger partial charge in [0.25, 0.3) is 5.91 Å². The summed E-state index contributed by atoms with van der Waals surface area (Å²) in [6, 6.07) is 6.76. The minimum Gasteiger partial charge on any atom is -0.353 e. The first-order chi connectivity index (χ1) is 15.5. The Kier molecular flexibility index (Phi) is 7.52. The molecule has 0 unspecified atom stereocenters. The molecule has 0 aromatic heterocycles. The van der Waals surface area contributed by atoms with Crippen LogP contribution >= 0.6 is 0 Å². The summed E-state index contributed by atoms with van der Waals surface area (Å²) in [5, 5.41) is 3.02. The molecule has 2 fully saturated rings. The summed E-state index contributed by atoms with van der Waals surface area (Å²) in [4.78, 5) is 43.1. The highest BCUT2D eigenvalue weighted by Crippen LogP contribution is 2.39. The van der Waals surface area contributed by atoms with Crippen molar-refractivity contribution in [1.29, 1.82) is 0 Å². The third kappa shape index (κ3) is 5.75. The minimum absolute atomic E-state index is 0.0156. The number of nitrogens with zero attached hydrogens (tertiary/aromatic N) is 2. The van der Waals surface area contributed by atoms with Crippen molar-refractivity contribution in [1.82, 2.24) is 15.1 Å². The predicted molar refractivity (Wildman–Crippen MR) is 128 cm³/mol.